The Bertz CT molecular complexity index is 742. The van der Waals surface area contributed by atoms with Crippen LogP contribution in [0.1, 0.15) is 12.5 Å². The number of rotatable bonds is 6. The minimum Gasteiger partial charge on any atom is -0.493 e. The van der Waals surface area contributed by atoms with Gasteiger partial charge in [0.1, 0.15) is 5.75 Å². The summed E-state index contributed by atoms with van der Waals surface area (Å²) in [6.07, 6.45) is 1.19. The molecule has 0 unspecified atom stereocenters. The maximum atomic E-state index is 11.4. The predicted molar refractivity (Wildman–Crippen MR) is 89.5 cm³/mol. The summed E-state index contributed by atoms with van der Waals surface area (Å²) in [4.78, 5) is 0.305. The fraction of sp³-hybridized carbons (Fsp3) is 0.250. The van der Waals surface area contributed by atoms with E-state index in [4.69, 9.17) is 16.3 Å². The van der Waals surface area contributed by atoms with Gasteiger partial charge >= 0.3 is 0 Å². The highest BCUT2D eigenvalue weighted by Crippen LogP contribution is 2.24. The van der Waals surface area contributed by atoms with Crippen LogP contribution in [0.25, 0.3) is 0 Å². The van der Waals surface area contributed by atoms with Gasteiger partial charge in [0.2, 0.25) is 0 Å². The van der Waals surface area contributed by atoms with Gasteiger partial charge in [-0.25, -0.2) is 8.42 Å². The highest BCUT2D eigenvalue weighted by atomic mass is 35.5. The predicted octanol–water partition coefficient (Wildman–Crippen LogP) is 3.75. The maximum Gasteiger partial charge on any atom is 0.175 e. The summed E-state index contributed by atoms with van der Waals surface area (Å²) in [6.45, 7) is 3.04. The van der Waals surface area contributed by atoms with Gasteiger partial charge in [-0.15, -0.1) is 0 Å². The smallest absolute Gasteiger partial charge is 0.175 e. The Kier molecular flexibility index (Phi) is 5.32. The van der Waals surface area contributed by atoms with Crippen LogP contribution in [-0.4, -0.2) is 21.3 Å². The van der Waals surface area contributed by atoms with Crippen molar-refractivity contribution in [3.8, 4) is 5.75 Å². The average Bonchev–Trinajstić information content (AvgIpc) is 2.46. The second kappa shape index (κ2) is 7.03. The molecule has 0 aromatic heterocycles. The SMILES string of the molecule is CCOc1cc(Cl)ccc1CNc1ccc(S(C)(=O)=O)cc1. The molecule has 0 heterocycles. The zero-order chi connectivity index (χ0) is 16.2. The Hall–Kier alpha value is -1.72. The third-order valence-corrected chi connectivity index (χ3v) is 4.46. The van der Waals surface area contributed by atoms with Crippen LogP contribution in [0.4, 0.5) is 5.69 Å². The molecule has 2 rings (SSSR count). The quantitative estimate of drug-likeness (QED) is 0.870. The van der Waals surface area contributed by atoms with Crippen molar-refractivity contribution in [2.24, 2.45) is 0 Å². The van der Waals surface area contributed by atoms with Gasteiger partial charge in [0.15, 0.2) is 9.84 Å². The van der Waals surface area contributed by atoms with Gasteiger partial charge in [-0.05, 0) is 43.3 Å². The van der Waals surface area contributed by atoms with Gasteiger partial charge in [-0.3, -0.25) is 0 Å². The van der Waals surface area contributed by atoms with Crippen LogP contribution in [0.2, 0.25) is 5.02 Å². The number of ether oxygens (including phenoxy) is 1. The summed E-state index contributed by atoms with van der Waals surface area (Å²) >= 11 is 5.97. The van der Waals surface area contributed by atoms with E-state index >= 15 is 0 Å². The van der Waals surface area contributed by atoms with E-state index in [0.29, 0.717) is 23.1 Å². The molecule has 118 valence electrons. The topological polar surface area (TPSA) is 55.4 Å². The van der Waals surface area contributed by atoms with Gasteiger partial charge in [0, 0.05) is 29.1 Å². The molecular formula is C16H18ClNO3S. The zero-order valence-electron chi connectivity index (χ0n) is 12.5. The highest BCUT2D eigenvalue weighted by Gasteiger charge is 2.07. The van der Waals surface area contributed by atoms with Crippen molar-refractivity contribution in [1.29, 1.82) is 0 Å². The Morgan fingerprint density at radius 1 is 1.14 bits per heavy atom. The molecular weight excluding hydrogens is 322 g/mol. The van der Waals surface area contributed by atoms with E-state index in [9.17, 15) is 8.42 Å². The summed E-state index contributed by atoms with van der Waals surface area (Å²) < 4.78 is 28.4. The fourth-order valence-electron chi connectivity index (χ4n) is 1.98. The summed E-state index contributed by atoms with van der Waals surface area (Å²) in [6, 6.07) is 12.2. The lowest BCUT2D eigenvalue weighted by molar-refractivity contribution is 0.337. The molecule has 0 saturated heterocycles. The lowest BCUT2D eigenvalue weighted by atomic mass is 10.2. The average molecular weight is 340 g/mol. The normalized spacial score (nSPS) is 11.2. The lowest BCUT2D eigenvalue weighted by Crippen LogP contribution is -2.04. The first-order valence-electron chi connectivity index (χ1n) is 6.85. The second-order valence-corrected chi connectivity index (χ2v) is 7.29. The third-order valence-electron chi connectivity index (χ3n) is 3.09. The van der Waals surface area contributed by atoms with Crippen LogP contribution in [-0.2, 0) is 16.4 Å². The van der Waals surface area contributed by atoms with Crippen molar-refractivity contribution in [2.45, 2.75) is 18.4 Å². The molecule has 2 aromatic rings. The number of anilines is 1. The molecule has 22 heavy (non-hydrogen) atoms. The first-order valence-corrected chi connectivity index (χ1v) is 9.12. The molecule has 0 bridgehead atoms. The van der Waals surface area contributed by atoms with Crippen LogP contribution in [0, 0.1) is 0 Å². The van der Waals surface area contributed by atoms with Crippen LogP contribution in [0.3, 0.4) is 0 Å². The molecule has 4 nitrogen and oxygen atoms in total. The minimum atomic E-state index is -3.17. The number of halogens is 1. The summed E-state index contributed by atoms with van der Waals surface area (Å²) in [5.74, 6) is 0.746. The lowest BCUT2D eigenvalue weighted by Gasteiger charge is -2.12. The third kappa shape index (κ3) is 4.39. The molecule has 2 aromatic carbocycles. The fourth-order valence-corrected chi connectivity index (χ4v) is 2.77. The van der Waals surface area contributed by atoms with Crippen LogP contribution >= 0.6 is 11.6 Å². The Labute approximate surface area is 136 Å². The largest absolute Gasteiger partial charge is 0.493 e. The van der Waals surface area contributed by atoms with Crippen LogP contribution < -0.4 is 10.1 Å². The number of nitrogens with one attached hydrogen (secondary N) is 1. The number of hydrogen-bond acceptors (Lipinski definition) is 4. The minimum absolute atomic E-state index is 0.305. The van der Waals surface area contributed by atoms with E-state index in [-0.39, 0.29) is 0 Å². The summed E-state index contributed by atoms with van der Waals surface area (Å²) in [5, 5.41) is 3.87. The summed E-state index contributed by atoms with van der Waals surface area (Å²) in [7, 11) is -3.17. The van der Waals surface area contributed by atoms with Gasteiger partial charge in [0.25, 0.3) is 0 Å². The molecule has 0 saturated carbocycles. The van der Waals surface area contributed by atoms with E-state index in [1.807, 2.05) is 19.1 Å². The van der Waals surface area contributed by atoms with Crippen molar-refractivity contribution in [2.75, 3.05) is 18.2 Å². The van der Waals surface area contributed by atoms with Gasteiger partial charge in [-0.2, -0.15) is 0 Å². The first kappa shape index (κ1) is 16.6. The maximum absolute atomic E-state index is 11.4. The number of sulfone groups is 1. The van der Waals surface area contributed by atoms with Crippen molar-refractivity contribution < 1.29 is 13.2 Å². The van der Waals surface area contributed by atoms with Crippen molar-refractivity contribution in [3.05, 3.63) is 53.1 Å². The Balaban J connectivity index is 2.10. The Morgan fingerprint density at radius 2 is 1.82 bits per heavy atom. The van der Waals surface area contributed by atoms with Crippen molar-refractivity contribution >= 4 is 27.1 Å². The molecule has 1 N–H and O–H groups in total. The molecule has 0 amide bonds. The van der Waals surface area contributed by atoms with E-state index in [2.05, 4.69) is 5.32 Å². The molecule has 0 aliphatic rings. The molecule has 0 radical (unpaired) electrons. The molecule has 0 aliphatic heterocycles. The van der Waals surface area contributed by atoms with E-state index < -0.39 is 9.84 Å². The van der Waals surface area contributed by atoms with Crippen LogP contribution in [0.5, 0.6) is 5.75 Å². The molecule has 0 atom stereocenters. The molecule has 0 fully saturated rings. The first-order chi connectivity index (χ1) is 10.4. The van der Waals surface area contributed by atoms with Crippen molar-refractivity contribution in [1.82, 2.24) is 0 Å². The molecule has 6 heteroatoms. The van der Waals surface area contributed by atoms with E-state index in [1.165, 1.54) is 6.26 Å². The van der Waals surface area contributed by atoms with Gasteiger partial charge < -0.3 is 10.1 Å². The van der Waals surface area contributed by atoms with Gasteiger partial charge in [0.05, 0.1) is 11.5 Å². The number of benzene rings is 2. The molecule has 0 aliphatic carbocycles. The monoisotopic (exact) mass is 339 g/mol. The summed E-state index contributed by atoms with van der Waals surface area (Å²) in [5.41, 5.74) is 1.82. The second-order valence-electron chi connectivity index (χ2n) is 4.84. The van der Waals surface area contributed by atoms with Crippen LogP contribution in [0.15, 0.2) is 47.4 Å². The standard InChI is InChI=1S/C16H18ClNO3S/c1-3-21-16-10-13(17)5-4-12(16)11-18-14-6-8-15(9-7-14)22(2,19)20/h4-10,18H,3,11H2,1-2H3. The Morgan fingerprint density at radius 3 is 2.41 bits per heavy atom. The zero-order valence-corrected chi connectivity index (χ0v) is 14.0. The van der Waals surface area contributed by atoms with E-state index in [0.717, 1.165) is 17.0 Å². The van der Waals surface area contributed by atoms with E-state index in [1.54, 1.807) is 30.3 Å². The molecule has 0 spiro atoms. The highest BCUT2D eigenvalue weighted by molar-refractivity contribution is 7.90. The van der Waals surface area contributed by atoms with Gasteiger partial charge in [-0.1, -0.05) is 17.7 Å². The number of hydrogen-bond donors (Lipinski definition) is 1. The van der Waals surface area contributed by atoms with Crippen molar-refractivity contribution in [3.63, 3.8) is 0 Å².